The van der Waals surface area contributed by atoms with Gasteiger partial charge in [-0.1, -0.05) is 49.4 Å². The van der Waals surface area contributed by atoms with Crippen LogP contribution in [0.4, 0.5) is 0 Å². The molecule has 0 N–H and O–H groups in total. The molecule has 20 heavy (non-hydrogen) atoms. The van der Waals surface area contributed by atoms with Gasteiger partial charge < -0.3 is 0 Å². The molecule has 1 heteroatoms. The first-order chi connectivity index (χ1) is 9.83. The van der Waals surface area contributed by atoms with E-state index in [0.717, 1.165) is 12.3 Å². The molecule has 1 aromatic rings. The van der Waals surface area contributed by atoms with Gasteiger partial charge in [0.05, 0.1) is 6.07 Å². The molecular weight excluding hydrogens is 242 g/mol. The van der Waals surface area contributed by atoms with Crippen molar-refractivity contribution in [2.24, 2.45) is 5.92 Å². The summed E-state index contributed by atoms with van der Waals surface area (Å²) in [5, 5.41) is 8.43. The normalized spacial score (nSPS) is 23.2. The van der Waals surface area contributed by atoms with Gasteiger partial charge in [-0.15, -0.1) is 0 Å². The number of nitrogens with zero attached hydrogens (tertiary/aromatic N) is 1. The fourth-order valence-corrected chi connectivity index (χ4v) is 2.99. The summed E-state index contributed by atoms with van der Waals surface area (Å²) in [6.07, 6.45) is 13.8. The summed E-state index contributed by atoms with van der Waals surface area (Å²) in [6, 6.07) is 11.2. The number of rotatable bonds is 4. The van der Waals surface area contributed by atoms with E-state index in [1.807, 2.05) is 18.2 Å². The van der Waals surface area contributed by atoms with Gasteiger partial charge in [0.2, 0.25) is 0 Å². The first kappa shape index (κ1) is 14.6. The van der Waals surface area contributed by atoms with Crippen LogP contribution in [0.15, 0.2) is 48.6 Å². The molecule has 1 aliphatic carbocycles. The van der Waals surface area contributed by atoms with Crippen LogP contribution in [-0.4, -0.2) is 0 Å². The van der Waals surface area contributed by atoms with Gasteiger partial charge >= 0.3 is 0 Å². The van der Waals surface area contributed by atoms with E-state index >= 15 is 0 Å². The second-order valence-corrected chi connectivity index (χ2v) is 5.58. The van der Waals surface area contributed by atoms with Crippen molar-refractivity contribution in [2.45, 2.75) is 44.9 Å². The van der Waals surface area contributed by atoms with E-state index in [1.165, 1.54) is 42.9 Å². The highest BCUT2D eigenvalue weighted by molar-refractivity contribution is 5.26. The van der Waals surface area contributed by atoms with Crippen molar-refractivity contribution in [1.82, 2.24) is 0 Å². The maximum atomic E-state index is 8.43. The lowest BCUT2D eigenvalue weighted by Crippen LogP contribution is -2.11. The average molecular weight is 265 g/mol. The Hall–Kier alpha value is -1.81. The lowest BCUT2D eigenvalue weighted by molar-refractivity contribution is 0.376. The van der Waals surface area contributed by atoms with Crippen molar-refractivity contribution in [3.8, 4) is 6.07 Å². The third-order valence-corrected chi connectivity index (χ3v) is 4.30. The maximum absolute atomic E-state index is 8.43. The average Bonchev–Trinajstić information content (AvgIpc) is 2.52. The summed E-state index contributed by atoms with van der Waals surface area (Å²) in [7, 11) is 0. The Bertz CT molecular complexity index is 494. The molecular formula is C19H23N. The largest absolute Gasteiger partial charge is 0.193 e. The Labute approximate surface area is 122 Å². The van der Waals surface area contributed by atoms with E-state index in [-0.39, 0.29) is 0 Å². The van der Waals surface area contributed by atoms with E-state index in [0.29, 0.717) is 5.92 Å². The third-order valence-electron chi connectivity index (χ3n) is 4.30. The van der Waals surface area contributed by atoms with Crippen LogP contribution in [0.2, 0.25) is 0 Å². The highest BCUT2D eigenvalue weighted by Gasteiger charge is 2.20. The monoisotopic (exact) mass is 265 g/mol. The zero-order chi connectivity index (χ0) is 14.2. The van der Waals surface area contributed by atoms with Crippen LogP contribution >= 0.6 is 0 Å². The molecule has 1 fully saturated rings. The van der Waals surface area contributed by atoms with Crippen molar-refractivity contribution in [2.75, 3.05) is 0 Å². The van der Waals surface area contributed by atoms with E-state index in [9.17, 15) is 0 Å². The molecule has 1 aromatic carbocycles. The minimum Gasteiger partial charge on any atom is -0.193 e. The predicted molar refractivity (Wildman–Crippen MR) is 84.4 cm³/mol. The highest BCUT2D eigenvalue weighted by atomic mass is 14.3. The van der Waals surface area contributed by atoms with E-state index in [2.05, 4.69) is 37.3 Å². The fraction of sp³-hybridized carbons (Fsp3) is 0.421. The molecule has 2 rings (SSSR count). The molecule has 0 aliphatic heterocycles. The lowest BCUT2D eigenvalue weighted by Gasteiger charge is -2.27. The van der Waals surface area contributed by atoms with Gasteiger partial charge in [-0.25, -0.2) is 0 Å². The van der Waals surface area contributed by atoms with Crippen molar-refractivity contribution in [1.29, 1.82) is 5.26 Å². The third kappa shape index (κ3) is 4.10. The van der Waals surface area contributed by atoms with Crippen molar-refractivity contribution in [3.05, 3.63) is 59.7 Å². The van der Waals surface area contributed by atoms with Crippen LogP contribution in [0.1, 0.15) is 49.7 Å². The van der Waals surface area contributed by atoms with Gasteiger partial charge in [0.1, 0.15) is 0 Å². The molecule has 0 aromatic heterocycles. The fourth-order valence-electron chi connectivity index (χ4n) is 2.99. The standard InChI is InChI=1S/C19H23N/c1-2-16-7-11-18(12-8-16)19-13-9-17(10-14-19)6-4-3-5-15-20/h3-8,11-12,17,19H,2,9-10,13-14H2,1H3/b5-3+,6-4+. The molecule has 0 spiro atoms. The SMILES string of the molecule is CCc1ccc(C2CCC(/C=C/C=C/C#N)CC2)cc1. The Kier molecular flexibility index (Phi) is 5.62. The second kappa shape index (κ2) is 7.70. The Morgan fingerprint density at radius 2 is 1.80 bits per heavy atom. The Morgan fingerprint density at radius 1 is 1.10 bits per heavy atom. The first-order valence-corrected chi connectivity index (χ1v) is 7.65. The first-order valence-electron chi connectivity index (χ1n) is 7.65. The molecule has 0 radical (unpaired) electrons. The Balaban J connectivity index is 1.86. The van der Waals surface area contributed by atoms with Gasteiger partial charge in [-0.2, -0.15) is 5.26 Å². The highest BCUT2D eigenvalue weighted by Crippen LogP contribution is 2.36. The molecule has 0 saturated heterocycles. The molecule has 0 unspecified atom stereocenters. The summed E-state index contributed by atoms with van der Waals surface area (Å²) >= 11 is 0. The molecule has 1 nitrogen and oxygen atoms in total. The topological polar surface area (TPSA) is 23.8 Å². The van der Waals surface area contributed by atoms with Gasteiger partial charge in [0.15, 0.2) is 0 Å². The number of nitriles is 1. The van der Waals surface area contributed by atoms with E-state index < -0.39 is 0 Å². The quantitative estimate of drug-likeness (QED) is 0.545. The van der Waals surface area contributed by atoms with Crippen molar-refractivity contribution >= 4 is 0 Å². The molecule has 0 heterocycles. The van der Waals surface area contributed by atoms with Gasteiger partial charge in [-0.05, 0) is 55.1 Å². The summed E-state index contributed by atoms with van der Waals surface area (Å²) in [4.78, 5) is 0. The smallest absolute Gasteiger partial charge is 0.0912 e. The van der Waals surface area contributed by atoms with Gasteiger partial charge in [0.25, 0.3) is 0 Å². The van der Waals surface area contributed by atoms with Crippen LogP contribution in [0, 0.1) is 17.2 Å². The van der Waals surface area contributed by atoms with Crippen LogP contribution < -0.4 is 0 Å². The van der Waals surface area contributed by atoms with Gasteiger partial charge in [0, 0.05) is 6.08 Å². The molecule has 0 amide bonds. The summed E-state index contributed by atoms with van der Waals surface area (Å²) in [5.41, 5.74) is 2.93. The van der Waals surface area contributed by atoms with E-state index in [1.54, 1.807) is 0 Å². The molecule has 1 saturated carbocycles. The molecule has 0 atom stereocenters. The summed E-state index contributed by atoms with van der Waals surface area (Å²) in [5.74, 6) is 1.42. The number of hydrogen-bond donors (Lipinski definition) is 0. The van der Waals surface area contributed by atoms with E-state index in [4.69, 9.17) is 5.26 Å². The number of allylic oxidation sites excluding steroid dienone is 4. The predicted octanol–water partition coefficient (Wildman–Crippen LogP) is 5.16. The molecule has 1 aliphatic rings. The van der Waals surface area contributed by atoms with Crippen LogP contribution in [0.25, 0.3) is 0 Å². The van der Waals surface area contributed by atoms with Crippen LogP contribution in [0.5, 0.6) is 0 Å². The zero-order valence-corrected chi connectivity index (χ0v) is 12.3. The Morgan fingerprint density at radius 3 is 2.40 bits per heavy atom. The molecule has 104 valence electrons. The molecule has 0 bridgehead atoms. The number of hydrogen-bond acceptors (Lipinski definition) is 1. The lowest BCUT2D eigenvalue weighted by atomic mass is 9.78. The maximum Gasteiger partial charge on any atom is 0.0912 e. The van der Waals surface area contributed by atoms with Crippen molar-refractivity contribution < 1.29 is 0 Å². The van der Waals surface area contributed by atoms with Crippen molar-refractivity contribution in [3.63, 3.8) is 0 Å². The number of aryl methyl sites for hydroxylation is 1. The summed E-state index contributed by atoms with van der Waals surface area (Å²) < 4.78 is 0. The minimum absolute atomic E-state index is 0.685. The second-order valence-electron chi connectivity index (χ2n) is 5.58. The number of benzene rings is 1. The summed E-state index contributed by atoms with van der Waals surface area (Å²) in [6.45, 7) is 2.20. The minimum atomic E-state index is 0.685. The van der Waals surface area contributed by atoms with Crippen LogP contribution in [-0.2, 0) is 6.42 Å². The van der Waals surface area contributed by atoms with Gasteiger partial charge in [-0.3, -0.25) is 0 Å². The van der Waals surface area contributed by atoms with Crippen LogP contribution in [0.3, 0.4) is 0 Å². The zero-order valence-electron chi connectivity index (χ0n) is 12.3.